The molecular weight excluding hydrogens is 460 g/mol. The number of alkyl halides is 3. The van der Waals surface area contributed by atoms with Crippen LogP contribution in [0.3, 0.4) is 0 Å². The highest BCUT2D eigenvalue weighted by molar-refractivity contribution is 7.97. The van der Waals surface area contributed by atoms with Gasteiger partial charge in [0, 0.05) is 4.90 Å². The zero-order chi connectivity index (χ0) is 23.0. The highest BCUT2D eigenvalue weighted by atomic mass is 32.2. The molecule has 0 fully saturated rings. The summed E-state index contributed by atoms with van der Waals surface area (Å²) in [7, 11) is -3.90. The van der Waals surface area contributed by atoms with Crippen LogP contribution in [0.25, 0.3) is 0 Å². The maximum atomic E-state index is 13.7. The third-order valence-electron chi connectivity index (χ3n) is 3.95. The van der Waals surface area contributed by atoms with Gasteiger partial charge in [-0.2, -0.15) is 18.4 Å². The summed E-state index contributed by atoms with van der Waals surface area (Å²) in [6.07, 6.45) is -4.84. The van der Waals surface area contributed by atoms with Crippen molar-refractivity contribution in [3.8, 4) is 17.6 Å². The minimum Gasteiger partial charge on any atom is -0.415 e. The number of halogens is 3. The van der Waals surface area contributed by atoms with Crippen molar-refractivity contribution in [2.45, 2.75) is 11.1 Å². The van der Waals surface area contributed by atoms with Crippen LogP contribution in [0.2, 0.25) is 0 Å². The number of rotatable bonds is 9. The second kappa shape index (κ2) is 10.6. The van der Waals surface area contributed by atoms with E-state index in [2.05, 4.69) is 0 Å². The summed E-state index contributed by atoms with van der Waals surface area (Å²) in [6.45, 7) is -0.221. The first-order chi connectivity index (χ1) is 15.3. The summed E-state index contributed by atoms with van der Waals surface area (Å²) in [4.78, 5) is 0.237. The van der Waals surface area contributed by atoms with Gasteiger partial charge in [-0.3, -0.25) is 0 Å². The molecule has 3 rings (SSSR count). The van der Waals surface area contributed by atoms with Gasteiger partial charge in [-0.25, -0.2) is 8.87 Å². The van der Waals surface area contributed by atoms with Crippen molar-refractivity contribution >= 4 is 19.5 Å². The van der Waals surface area contributed by atoms with Gasteiger partial charge in [-0.1, -0.05) is 42.5 Å². The lowest BCUT2D eigenvalue weighted by molar-refractivity contribution is -0.137. The van der Waals surface area contributed by atoms with Gasteiger partial charge in [0.25, 0.3) is 0 Å². The van der Waals surface area contributed by atoms with E-state index in [9.17, 15) is 23.0 Å². The molecule has 0 amide bonds. The molecule has 0 bridgehead atoms. The molecule has 10 heteroatoms. The molecule has 0 heterocycles. The minimum atomic E-state index is -4.50. The van der Waals surface area contributed by atoms with Crippen LogP contribution in [0.5, 0.6) is 11.5 Å². The first-order valence-electron chi connectivity index (χ1n) is 9.33. The fourth-order valence-electron chi connectivity index (χ4n) is 2.62. The van der Waals surface area contributed by atoms with Crippen LogP contribution < -0.4 is 9.05 Å². The number of hydrogen-bond donors (Lipinski definition) is 0. The first kappa shape index (κ1) is 23.7. The number of hydrogen-bond acceptors (Lipinski definition) is 6. The fourth-order valence-corrected chi connectivity index (χ4v) is 5.54. The Labute approximate surface area is 188 Å². The van der Waals surface area contributed by atoms with Crippen LogP contribution in [0.4, 0.5) is 13.2 Å². The number of benzene rings is 3. The molecule has 0 N–H and O–H groups in total. The molecule has 0 saturated carbocycles. The van der Waals surface area contributed by atoms with Crippen LogP contribution in [0, 0.1) is 11.3 Å². The van der Waals surface area contributed by atoms with E-state index in [1.165, 1.54) is 16.4 Å². The topological polar surface area (TPSA) is 62.6 Å². The summed E-state index contributed by atoms with van der Waals surface area (Å²) in [5, 5.41) is 9.22. The average molecular weight is 478 g/mol. The van der Waals surface area contributed by atoms with Crippen LogP contribution >= 0.6 is 19.5 Å². The normalized spacial score (nSPS) is 11.7. The largest absolute Gasteiger partial charge is 0.445 e. The predicted octanol–water partition coefficient (Wildman–Crippen LogP) is 6.85. The third-order valence-corrected chi connectivity index (χ3v) is 6.79. The average Bonchev–Trinajstić information content (AvgIpc) is 2.74. The molecule has 0 unspecified atom stereocenters. The lowest BCUT2D eigenvalue weighted by Crippen LogP contribution is -2.21. The smallest absolute Gasteiger partial charge is 0.415 e. The highest BCUT2D eigenvalue weighted by Crippen LogP contribution is 2.50. The molecule has 0 radical (unpaired) electrons. The monoisotopic (exact) mass is 478 g/mol. The Bertz CT molecular complexity index is 1060. The van der Waals surface area contributed by atoms with E-state index in [1.54, 1.807) is 60.7 Å². The van der Waals surface area contributed by atoms with E-state index in [4.69, 9.17) is 9.05 Å². The molecular formula is C22H18F3N2O3PS. The summed E-state index contributed by atoms with van der Waals surface area (Å²) in [5.74, 6) is 0.598. The van der Waals surface area contributed by atoms with Crippen LogP contribution in [0.1, 0.15) is 5.56 Å². The number of nitrogens with zero attached hydrogens (tertiary/aromatic N) is 2. The first-order valence-corrected chi connectivity index (χ1v) is 11.8. The third kappa shape index (κ3) is 7.06. The van der Waals surface area contributed by atoms with E-state index in [0.717, 1.165) is 24.1 Å². The van der Waals surface area contributed by atoms with Crippen molar-refractivity contribution < 1.29 is 26.8 Å². The van der Waals surface area contributed by atoms with Gasteiger partial charge < -0.3 is 9.05 Å². The molecule has 5 nitrogen and oxygen atoms in total. The number of para-hydroxylation sites is 2. The molecule has 0 atom stereocenters. The molecule has 0 spiro atoms. The van der Waals surface area contributed by atoms with Crippen molar-refractivity contribution in [1.29, 1.82) is 5.26 Å². The summed E-state index contributed by atoms with van der Waals surface area (Å²) < 4.78 is 65.5. The Kier molecular flexibility index (Phi) is 7.86. The molecule has 0 aromatic heterocycles. The lowest BCUT2D eigenvalue weighted by Gasteiger charge is -2.25. The SMILES string of the molecule is N#CCN(CP(=O)(Oc1ccccc1)Oc1ccccc1)Sc1cccc(C(F)(F)F)c1. The molecule has 32 heavy (non-hydrogen) atoms. The molecule has 3 aromatic carbocycles. The van der Waals surface area contributed by atoms with Gasteiger partial charge in [0.15, 0.2) is 0 Å². The second-order valence-electron chi connectivity index (χ2n) is 6.48. The maximum Gasteiger partial charge on any atom is 0.445 e. The van der Waals surface area contributed by atoms with E-state index < -0.39 is 19.3 Å². The number of nitriles is 1. The Hall–Kier alpha value is -2.92. The summed E-state index contributed by atoms with van der Waals surface area (Å²) in [6, 6.07) is 23.4. The van der Waals surface area contributed by atoms with Crippen molar-refractivity contribution in [2.75, 3.05) is 12.8 Å². The van der Waals surface area contributed by atoms with Crippen molar-refractivity contribution in [3.63, 3.8) is 0 Å². The van der Waals surface area contributed by atoms with Gasteiger partial charge in [0.05, 0.1) is 18.2 Å². The van der Waals surface area contributed by atoms with Crippen molar-refractivity contribution in [1.82, 2.24) is 4.31 Å². The molecule has 166 valence electrons. The van der Waals surface area contributed by atoms with Gasteiger partial charge in [-0.15, -0.1) is 0 Å². The summed E-state index contributed by atoms with van der Waals surface area (Å²) >= 11 is 0.870. The molecule has 3 aromatic rings. The van der Waals surface area contributed by atoms with E-state index in [1.807, 2.05) is 6.07 Å². The molecule has 0 aliphatic heterocycles. The standard InChI is InChI=1S/C22H18F3N2O3PS/c23-22(24,25)18-8-7-13-21(16-18)32-27(15-14-26)17-31(28,29-19-9-3-1-4-10-19)30-20-11-5-2-6-12-20/h1-13,16H,15,17H2. The van der Waals surface area contributed by atoms with Crippen LogP contribution in [-0.2, 0) is 10.7 Å². The van der Waals surface area contributed by atoms with E-state index in [-0.39, 0.29) is 17.7 Å². The Morgan fingerprint density at radius 1 is 0.906 bits per heavy atom. The van der Waals surface area contributed by atoms with Gasteiger partial charge in [0.2, 0.25) is 0 Å². The molecule has 0 saturated heterocycles. The Balaban J connectivity index is 1.86. The zero-order valence-electron chi connectivity index (χ0n) is 16.6. The van der Waals surface area contributed by atoms with Crippen LogP contribution in [-0.4, -0.2) is 17.1 Å². The second-order valence-corrected chi connectivity index (χ2v) is 9.52. The minimum absolute atomic E-state index is 0.221. The van der Waals surface area contributed by atoms with Crippen molar-refractivity contribution in [2.24, 2.45) is 0 Å². The van der Waals surface area contributed by atoms with Crippen molar-refractivity contribution in [3.05, 3.63) is 90.5 Å². The predicted molar refractivity (Wildman–Crippen MR) is 116 cm³/mol. The molecule has 0 aliphatic carbocycles. The van der Waals surface area contributed by atoms with E-state index >= 15 is 0 Å². The zero-order valence-corrected chi connectivity index (χ0v) is 18.3. The lowest BCUT2D eigenvalue weighted by atomic mass is 10.2. The highest BCUT2D eigenvalue weighted by Gasteiger charge is 2.33. The fraction of sp³-hybridized carbons (Fsp3) is 0.136. The Morgan fingerprint density at radius 3 is 1.97 bits per heavy atom. The van der Waals surface area contributed by atoms with E-state index in [0.29, 0.717) is 11.5 Å². The van der Waals surface area contributed by atoms with Gasteiger partial charge >= 0.3 is 13.8 Å². The maximum absolute atomic E-state index is 13.7. The Morgan fingerprint density at radius 2 is 1.47 bits per heavy atom. The van der Waals surface area contributed by atoms with Gasteiger partial charge in [-0.05, 0) is 54.4 Å². The molecule has 0 aliphatic rings. The van der Waals surface area contributed by atoms with Crippen LogP contribution in [0.15, 0.2) is 89.8 Å². The van der Waals surface area contributed by atoms with Gasteiger partial charge in [0.1, 0.15) is 17.8 Å². The summed E-state index contributed by atoms with van der Waals surface area (Å²) in [5.41, 5.74) is -0.816. The quantitative estimate of drug-likeness (QED) is 0.191.